The Kier molecular flexibility index (Phi) is 15.2. The second-order valence-corrected chi connectivity index (χ2v) is 13.2. The van der Waals surface area contributed by atoms with Gasteiger partial charge in [-0.1, -0.05) is 99.1 Å². The van der Waals surface area contributed by atoms with Crippen LogP contribution in [0, 0.1) is 17.3 Å². The van der Waals surface area contributed by atoms with Crippen LogP contribution >= 0.6 is 0 Å². The van der Waals surface area contributed by atoms with Crippen LogP contribution in [0.1, 0.15) is 98.4 Å². The molecule has 0 aliphatic carbocycles. The number of hydrogen-bond donors (Lipinski definition) is 4. The van der Waals surface area contributed by atoms with E-state index in [-0.39, 0.29) is 30.6 Å². The van der Waals surface area contributed by atoms with Gasteiger partial charge in [-0.05, 0) is 36.5 Å². The lowest BCUT2D eigenvalue weighted by atomic mass is 9.85. The maximum absolute atomic E-state index is 13.8. The molecular weight excluding hydrogens is 562 g/mol. The molecule has 0 bridgehead atoms. The zero-order valence-corrected chi connectivity index (χ0v) is 27.9. The maximum Gasteiger partial charge on any atom is 0.316 e. The third-order valence-corrected chi connectivity index (χ3v) is 7.10. The van der Waals surface area contributed by atoms with Gasteiger partial charge in [0.15, 0.2) is 5.78 Å². The molecule has 44 heavy (non-hydrogen) atoms. The van der Waals surface area contributed by atoms with Crippen LogP contribution in [0.2, 0.25) is 0 Å². The molecule has 11 heteroatoms. The number of nitrogens with two attached hydrogens (primary N) is 1. The minimum atomic E-state index is -1.14. The van der Waals surface area contributed by atoms with Gasteiger partial charge >= 0.3 is 6.03 Å². The van der Waals surface area contributed by atoms with Crippen molar-refractivity contribution < 1.29 is 28.8 Å². The van der Waals surface area contributed by atoms with E-state index in [1.807, 2.05) is 27.7 Å². The van der Waals surface area contributed by atoms with Crippen LogP contribution < -0.4 is 21.7 Å². The standard InChI is InChI=1S/C30H45N5O6.C3H8/c1-17(2)16-20(24(37)26(31)38)32-27(39)21-14-11-15-35(21)28(40)25(30(5,6)7)34-29(41)33-22(18(3)4)23(36)19-12-9-8-10-13-19;1-3-2/h8-10,12-13,17-18,20-22,25H,11,14-16H2,1-7H3,(H2,31,38)(H,32,39)(H2,33,34,41);3H2,1-2H3. The van der Waals surface area contributed by atoms with Crippen molar-refractivity contribution in [3.8, 4) is 0 Å². The number of nitrogens with one attached hydrogen (secondary N) is 3. The molecule has 4 unspecified atom stereocenters. The topological polar surface area (TPSA) is 168 Å². The summed E-state index contributed by atoms with van der Waals surface area (Å²) in [7, 11) is 0. The number of hydrogen-bond acceptors (Lipinski definition) is 6. The number of rotatable bonds is 12. The smallest absolute Gasteiger partial charge is 0.316 e. The normalized spacial score (nSPS) is 16.7. The van der Waals surface area contributed by atoms with E-state index < -0.39 is 59.1 Å². The highest BCUT2D eigenvalue weighted by molar-refractivity contribution is 6.37. The highest BCUT2D eigenvalue weighted by Gasteiger charge is 2.43. The fourth-order valence-corrected chi connectivity index (χ4v) is 4.89. The van der Waals surface area contributed by atoms with Crippen molar-refractivity contribution in [2.24, 2.45) is 23.0 Å². The maximum atomic E-state index is 13.8. The minimum Gasteiger partial charge on any atom is -0.363 e. The van der Waals surface area contributed by atoms with Gasteiger partial charge in [0, 0.05) is 12.1 Å². The largest absolute Gasteiger partial charge is 0.363 e. The number of primary amides is 1. The number of Topliss-reactive ketones (excluding diaryl/α,β-unsaturated/α-hetero) is 2. The van der Waals surface area contributed by atoms with Crippen LogP contribution in [0.3, 0.4) is 0 Å². The molecule has 0 saturated carbocycles. The molecule has 0 aromatic heterocycles. The molecule has 2 rings (SSSR count). The van der Waals surface area contributed by atoms with Crippen molar-refractivity contribution in [2.75, 3.05) is 6.54 Å². The molecule has 1 aromatic rings. The van der Waals surface area contributed by atoms with Gasteiger partial charge in [0.2, 0.25) is 17.6 Å². The molecule has 1 aliphatic heterocycles. The molecule has 246 valence electrons. The van der Waals surface area contributed by atoms with Crippen molar-refractivity contribution in [3.63, 3.8) is 0 Å². The van der Waals surface area contributed by atoms with Crippen molar-refractivity contribution in [2.45, 2.75) is 112 Å². The van der Waals surface area contributed by atoms with Gasteiger partial charge in [0.1, 0.15) is 12.1 Å². The van der Waals surface area contributed by atoms with E-state index in [0.717, 1.165) is 0 Å². The molecule has 4 atom stereocenters. The van der Waals surface area contributed by atoms with E-state index in [2.05, 4.69) is 29.8 Å². The SMILES string of the molecule is CC(C)CC(NC(=O)C1CCCN1C(=O)C(NC(=O)NC(C(=O)c1ccccc1)C(C)C)C(C)(C)C)C(=O)C(N)=O.CCC. The summed E-state index contributed by atoms with van der Waals surface area (Å²) in [6.45, 7) is 17.2. The van der Waals surface area contributed by atoms with Crippen molar-refractivity contribution in [1.29, 1.82) is 0 Å². The van der Waals surface area contributed by atoms with Gasteiger partial charge in [-0.2, -0.15) is 0 Å². The van der Waals surface area contributed by atoms with Crippen LogP contribution in [0.5, 0.6) is 0 Å². The molecule has 5 N–H and O–H groups in total. The Balaban J connectivity index is 0.00000309. The average Bonchev–Trinajstić information content (AvgIpc) is 3.43. The molecule has 1 aliphatic rings. The van der Waals surface area contributed by atoms with Crippen LogP contribution in [-0.4, -0.2) is 70.9 Å². The first kappa shape index (κ1) is 38.3. The van der Waals surface area contributed by atoms with Gasteiger partial charge in [-0.15, -0.1) is 0 Å². The summed E-state index contributed by atoms with van der Waals surface area (Å²) < 4.78 is 0. The Labute approximate surface area is 262 Å². The van der Waals surface area contributed by atoms with E-state index in [9.17, 15) is 28.8 Å². The van der Waals surface area contributed by atoms with Gasteiger partial charge in [0.05, 0.1) is 12.1 Å². The van der Waals surface area contributed by atoms with E-state index in [0.29, 0.717) is 18.4 Å². The molecule has 0 spiro atoms. The highest BCUT2D eigenvalue weighted by atomic mass is 16.2. The Morgan fingerprint density at radius 2 is 1.50 bits per heavy atom. The summed E-state index contributed by atoms with van der Waals surface area (Å²) in [4.78, 5) is 78.6. The molecule has 1 fully saturated rings. The molecule has 0 radical (unpaired) electrons. The first-order valence-electron chi connectivity index (χ1n) is 15.6. The minimum absolute atomic E-state index is 0.00124. The Hall–Kier alpha value is -3.76. The second kappa shape index (κ2) is 17.5. The Morgan fingerprint density at radius 3 is 1.98 bits per heavy atom. The quantitative estimate of drug-likeness (QED) is 0.207. The predicted molar refractivity (Wildman–Crippen MR) is 171 cm³/mol. The van der Waals surface area contributed by atoms with Crippen LogP contribution in [0.15, 0.2) is 30.3 Å². The second-order valence-electron chi connectivity index (χ2n) is 13.2. The number of carbonyl (C=O) groups excluding carboxylic acids is 6. The number of benzene rings is 1. The van der Waals surface area contributed by atoms with Crippen LogP contribution in [-0.2, 0) is 19.2 Å². The Morgan fingerprint density at radius 1 is 0.932 bits per heavy atom. The lowest BCUT2D eigenvalue weighted by Crippen LogP contribution is -2.61. The molecule has 1 aromatic carbocycles. The number of urea groups is 1. The lowest BCUT2D eigenvalue weighted by Gasteiger charge is -2.36. The lowest BCUT2D eigenvalue weighted by molar-refractivity contribution is -0.143. The number of likely N-dealkylation sites (tertiary alicyclic amines) is 1. The summed E-state index contributed by atoms with van der Waals surface area (Å²) in [5.41, 5.74) is 4.91. The van der Waals surface area contributed by atoms with Gasteiger partial charge in [0.25, 0.3) is 5.91 Å². The molecule has 5 amide bonds. The van der Waals surface area contributed by atoms with Crippen molar-refractivity contribution in [3.05, 3.63) is 35.9 Å². The summed E-state index contributed by atoms with van der Waals surface area (Å²) in [5.74, 6) is -3.49. The van der Waals surface area contributed by atoms with Crippen molar-refractivity contribution in [1.82, 2.24) is 20.9 Å². The summed E-state index contributed by atoms with van der Waals surface area (Å²) in [6, 6.07) is 4.17. The van der Waals surface area contributed by atoms with E-state index in [4.69, 9.17) is 5.73 Å². The zero-order valence-electron chi connectivity index (χ0n) is 27.9. The molecule has 1 saturated heterocycles. The van der Waals surface area contributed by atoms with Gasteiger partial charge in [-0.3, -0.25) is 24.0 Å². The van der Waals surface area contributed by atoms with Gasteiger partial charge in [-0.25, -0.2) is 4.79 Å². The first-order valence-corrected chi connectivity index (χ1v) is 15.6. The average molecular weight is 616 g/mol. The Bertz CT molecular complexity index is 1150. The summed E-state index contributed by atoms with van der Waals surface area (Å²) in [6.07, 6.45) is 2.38. The summed E-state index contributed by atoms with van der Waals surface area (Å²) >= 11 is 0. The highest BCUT2D eigenvalue weighted by Crippen LogP contribution is 2.26. The number of amides is 5. The van der Waals surface area contributed by atoms with Gasteiger partial charge < -0.3 is 26.6 Å². The fraction of sp³-hybridized carbons (Fsp3) is 0.636. The summed E-state index contributed by atoms with van der Waals surface area (Å²) in [5, 5.41) is 8.10. The third kappa shape index (κ3) is 11.4. The molecule has 1 heterocycles. The zero-order chi connectivity index (χ0) is 33.8. The van der Waals surface area contributed by atoms with Crippen molar-refractivity contribution >= 4 is 35.3 Å². The van der Waals surface area contributed by atoms with Crippen LogP contribution in [0.25, 0.3) is 0 Å². The van der Waals surface area contributed by atoms with E-state index >= 15 is 0 Å². The predicted octanol–water partition coefficient (Wildman–Crippen LogP) is 3.60. The fourth-order valence-electron chi connectivity index (χ4n) is 4.89. The monoisotopic (exact) mass is 615 g/mol. The molecule has 11 nitrogen and oxygen atoms in total. The van der Waals surface area contributed by atoms with Crippen LogP contribution in [0.4, 0.5) is 4.79 Å². The number of ketones is 2. The first-order chi connectivity index (χ1) is 20.5. The third-order valence-electron chi connectivity index (χ3n) is 7.10. The van der Waals surface area contributed by atoms with E-state index in [1.54, 1.807) is 51.1 Å². The van der Waals surface area contributed by atoms with E-state index in [1.165, 1.54) is 11.3 Å². The number of nitrogens with zero attached hydrogens (tertiary/aromatic N) is 1. The molecular formula is C33H53N5O6. The number of carbonyl (C=O) groups is 6.